The number of rotatable bonds is 5. The first-order valence-electron chi connectivity index (χ1n) is 6.03. The average Bonchev–Trinajstić information content (AvgIpc) is 2.27. The second kappa shape index (κ2) is 6.33. The maximum Gasteiger partial charge on any atom is 0.309 e. The highest BCUT2D eigenvalue weighted by Crippen LogP contribution is 2.21. The summed E-state index contributed by atoms with van der Waals surface area (Å²) in [5, 5.41) is 10.3. The molecule has 0 radical (unpaired) electrons. The summed E-state index contributed by atoms with van der Waals surface area (Å²) >= 11 is 0. The third kappa shape index (κ3) is 4.61. The summed E-state index contributed by atoms with van der Waals surface area (Å²) in [6, 6.07) is 0. The molecule has 0 saturated carbocycles. The molecule has 1 aliphatic heterocycles. The van der Waals surface area contributed by atoms with Gasteiger partial charge >= 0.3 is 5.97 Å². The molecule has 17 heavy (non-hydrogen) atoms. The number of likely N-dealkylation sites (N-methyl/N-ethyl adjacent to an activating group) is 1. The molecule has 0 amide bonds. The molecule has 0 bridgehead atoms. The molecule has 1 unspecified atom stereocenters. The van der Waals surface area contributed by atoms with Crippen LogP contribution in [0.4, 0.5) is 0 Å². The third-order valence-corrected chi connectivity index (χ3v) is 3.18. The minimum Gasteiger partial charge on any atom is -0.469 e. The Labute approximate surface area is 103 Å². The van der Waals surface area contributed by atoms with Gasteiger partial charge in [-0.3, -0.25) is 4.79 Å². The summed E-state index contributed by atoms with van der Waals surface area (Å²) in [4.78, 5) is 13.3. The fourth-order valence-electron chi connectivity index (χ4n) is 2.22. The van der Waals surface area contributed by atoms with Crippen LogP contribution in [0, 0.1) is 5.92 Å². The Morgan fingerprint density at radius 3 is 2.65 bits per heavy atom. The van der Waals surface area contributed by atoms with E-state index in [1.54, 1.807) is 0 Å². The number of hydrogen-bond acceptors (Lipinski definition) is 5. The van der Waals surface area contributed by atoms with Gasteiger partial charge in [-0.15, -0.1) is 0 Å². The predicted molar refractivity (Wildman–Crippen MR) is 63.7 cm³/mol. The summed E-state index contributed by atoms with van der Waals surface area (Å²) in [6.07, 6.45) is 1.31. The predicted octanol–water partition coefficient (Wildman–Crippen LogP) is 0.269. The zero-order valence-corrected chi connectivity index (χ0v) is 10.9. The second-order valence-electron chi connectivity index (χ2n) is 4.96. The molecule has 1 rings (SSSR count). The highest BCUT2D eigenvalue weighted by Gasteiger charge is 2.31. The fraction of sp³-hybridized carbons (Fsp3) is 0.917. The summed E-state index contributed by atoms with van der Waals surface area (Å²) in [5.74, 6) is -0.385. The second-order valence-corrected chi connectivity index (χ2v) is 4.96. The van der Waals surface area contributed by atoms with Crippen LogP contribution in [0.2, 0.25) is 0 Å². The number of esters is 1. The van der Waals surface area contributed by atoms with E-state index in [4.69, 9.17) is 4.74 Å². The molecular weight excluding hydrogens is 222 g/mol. The number of methoxy groups -OCH3 is 1. The Bertz CT molecular complexity index is 251. The standard InChI is InChI=1S/C12H23NO4/c1-10(11(14)16-3)8-13(2)9-12(15)4-6-17-7-5-12/h10,15H,4-9H2,1-3H3. The van der Waals surface area contributed by atoms with Gasteiger partial charge in [0.25, 0.3) is 0 Å². The van der Waals surface area contributed by atoms with Crippen molar-refractivity contribution in [3.8, 4) is 0 Å². The highest BCUT2D eigenvalue weighted by atomic mass is 16.5. The molecular formula is C12H23NO4. The van der Waals surface area contributed by atoms with Crippen LogP contribution in [0.25, 0.3) is 0 Å². The Morgan fingerprint density at radius 1 is 1.53 bits per heavy atom. The van der Waals surface area contributed by atoms with Crippen LogP contribution >= 0.6 is 0 Å². The van der Waals surface area contributed by atoms with Gasteiger partial charge < -0.3 is 19.5 Å². The van der Waals surface area contributed by atoms with Gasteiger partial charge in [-0.2, -0.15) is 0 Å². The molecule has 5 nitrogen and oxygen atoms in total. The van der Waals surface area contributed by atoms with Gasteiger partial charge in [-0.25, -0.2) is 0 Å². The van der Waals surface area contributed by atoms with Gasteiger partial charge in [-0.1, -0.05) is 6.92 Å². The molecule has 100 valence electrons. The van der Waals surface area contributed by atoms with Crippen LogP contribution in [0.1, 0.15) is 19.8 Å². The van der Waals surface area contributed by atoms with Crippen LogP contribution in [0.3, 0.4) is 0 Å². The van der Waals surface area contributed by atoms with Crippen molar-refractivity contribution in [2.24, 2.45) is 5.92 Å². The van der Waals surface area contributed by atoms with Gasteiger partial charge in [0.1, 0.15) is 0 Å². The minimum atomic E-state index is -0.678. The molecule has 1 saturated heterocycles. The molecule has 1 atom stereocenters. The van der Waals surface area contributed by atoms with Crippen molar-refractivity contribution in [1.29, 1.82) is 0 Å². The number of carbonyl (C=O) groups excluding carboxylic acids is 1. The lowest BCUT2D eigenvalue weighted by molar-refractivity contribution is -0.146. The third-order valence-electron chi connectivity index (χ3n) is 3.18. The summed E-state index contributed by atoms with van der Waals surface area (Å²) in [6.45, 7) is 4.21. The number of carbonyl (C=O) groups is 1. The summed E-state index contributed by atoms with van der Waals surface area (Å²) in [7, 11) is 3.30. The van der Waals surface area contributed by atoms with Crippen molar-refractivity contribution in [3.05, 3.63) is 0 Å². The SMILES string of the molecule is COC(=O)C(C)CN(C)CC1(O)CCOCC1. The first-order valence-corrected chi connectivity index (χ1v) is 6.03. The Morgan fingerprint density at radius 2 is 2.12 bits per heavy atom. The van der Waals surface area contributed by atoms with Gasteiger partial charge in [0.15, 0.2) is 0 Å². The van der Waals surface area contributed by atoms with Gasteiger partial charge in [0.2, 0.25) is 0 Å². The molecule has 1 N–H and O–H groups in total. The Balaban J connectivity index is 2.37. The molecule has 0 aromatic rings. The van der Waals surface area contributed by atoms with Gasteiger partial charge in [-0.05, 0) is 7.05 Å². The molecule has 1 fully saturated rings. The number of nitrogens with zero attached hydrogens (tertiary/aromatic N) is 1. The minimum absolute atomic E-state index is 0.173. The van der Waals surface area contributed by atoms with E-state index in [2.05, 4.69) is 4.74 Å². The van der Waals surface area contributed by atoms with Crippen molar-refractivity contribution < 1.29 is 19.4 Å². The largest absolute Gasteiger partial charge is 0.469 e. The zero-order chi connectivity index (χ0) is 12.9. The van der Waals surface area contributed by atoms with E-state index in [-0.39, 0.29) is 11.9 Å². The smallest absolute Gasteiger partial charge is 0.309 e. The fourth-order valence-corrected chi connectivity index (χ4v) is 2.22. The van der Waals surface area contributed by atoms with Crippen LogP contribution < -0.4 is 0 Å². The van der Waals surface area contributed by atoms with Gasteiger partial charge in [0, 0.05) is 39.1 Å². The molecule has 1 aliphatic rings. The lowest BCUT2D eigenvalue weighted by Crippen LogP contribution is -2.47. The normalized spacial score (nSPS) is 21.2. The number of ether oxygens (including phenoxy) is 2. The zero-order valence-electron chi connectivity index (χ0n) is 10.9. The van der Waals surface area contributed by atoms with Crippen LogP contribution in [0.15, 0.2) is 0 Å². The van der Waals surface area contributed by atoms with E-state index < -0.39 is 5.60 Å². The van der Waals surface area contributed by atoms with Crippen molar-refractivity contribution in [3.63, 3.8) is 0 Å². The first-order chi connectivity index (χ1) is 7.97. The maximum atomic E-state index is 11.3. The van der Waals surface area contributed by atoms with E-state index in [9.17, 15) is 9.90 Å². The lowest BCUT2D eigenvalue weighted by Gasteiger charge is -2.35. The summed E-state index contributed by atoms with van der Waals surface area (Å²) < 4.78 is 9.91. The maximum absolute atomic E-state index is 11.3. The van der Waals surface area contributed by atoms with E-state index in [1.807, 2.05) is 18.9 Å². The monoisotopic (exact) mass is 245 g/mol. The van der Waals surface area contributed by atoms with Crippen molar-refractivity contribution in [2.75, 3.05) is 40.5 Å². The van der Waals surface area contributed by atoms with E-state index in [0.29, 0.717) is 39.1 Å². The van der Waals surface area contributed by atoms with Gasteiger partial charge in [0.05, 0.1) is 18.6 Å². The summed E-state index contributed by atoms with van der Waals surface area (Å²) in [5.41, 5.74) is -0.678. The average molecular weight is 245 g/mol. The van der Waals surface area contributed by atoms with E-state index in [0.717, 1.165) is 0 Å². The van der Waals surface area contributed by atoms with Crippen molar-refractivity contribution >= 4 is 5.97 Å². The number of aliphatic hydroxyl groups is 1. The van der Waals surface area contributed by atoms with Crippen LogP contribution in [-0.4, -0.2) is 62.0 Å². The van der Waals surface area contributed by atoms with Crippen molar-refractivity contribution in [1.82, 2.24) is 4.90 Å². The molecule has 1 heterocycles. The molecule has 5 heteroatoms. The Kier molecular flexibility index (Phi) is 5.36. The molecule has 0 aromatic heterocycles. The highest BCUT2D eigenvalue weighted by molar-refractivity contribution is 5.72. The van der Waals surface area contributed by atoms with E-state index in [1.165, 1.54) is 7.11 Å². The molecule has 0 aromatic carbocycles. The number of hydrogen-bond donors (Lipinski definition) is 1. The molecule has 0 spiro atoms. The van der Waals surface area contributed by atoms with E-state index >= 15 is 0 Å². The topological polar surface area (TPSA) is 59.0 Å². The van der Waals surface area contributed by atoms with Crippen molar-refractivity contribution in [2.45, 2.75) is 25.4 Å². The molecule has 0 aliphatic carbocycles. The quantitative estimate of drug-likeness (QED) is 0.705. The first kappa shape index (κ1) is 14.4. The van der Waals surface area contributed by atoms with Crippen LogP contribution in [0.5, 0.6) is 0 Å². The Hall–Kier alpha value is -0.650. The lowest BCUT2D eigenvalue weighted by atomic mass is 9.93. The van der Waals surface area contributed by atoms with Crippen LogP contribution in [-0.2, 0) is 14.3 Å².